The van der Waals surface area contributed by atoms with E-state index in [1.807, 2.05) is 32.9 Å². The molecule has 1 aromatic rings. The van der Waals surface area contributed by atoms with Crippen molar-refractivity contribution in [1.29, 1.82) is 0 Å². The largest absolute Gasteiger partial charge is 0.336 e. The van der Waals surface area contributed by atoms with E-state index in [1.165, 1.54) is 11.9 Å². The topological polar surface area (TPSA) is 108 Å². The van der Waals surface area contributed by atoms with Crippen LogP contribution in [0, 0.1) is 20.8 Å². The maximum atomic E-state index is 12.2. The number of anilines is 1. The van der Waals surface area contributed by atoms with Gasteiger partial charge in [-0.25, -0.2) is 4.79 Å². The number of urea groups is 1. The highest BCUT2D eigenvalue weighted by Gasteiger charge is 2.30. The first-order valence-electron chi connectivity index (χ1n) is 8.40. The maximum Gasteiger partial charge on any atom is 0.322 e. The third-order valence-corrected chi connectivity index (χ3v) is 4.25. The van der Waals surface area contributed by atoms with Gasteiger partial charge in [0.1, 0.15) is 6.04 Å². The Morgan fingerprint density at radius 3 is 2.31 bits per heavy atom. The normalized spacial score (nSPS) is 16.1. The fourth-order valence-electron chi connectivity index (χ4n) is 2.98. The van der Waals surface area contributed by atoms with Crippen molar-refractivity contribution < 1.29 is 19.2 Å². The molecular weight excluding hydrogens is 336 g/mol. The van der Waals surface area contributed by atoms with Gasteiger partial charge in [0.2, 0.25) is 11.8 Å². The predicted molar refractivity (Wildman–Crippen MR) is 96.6 cm³/mol. The minimum atomic E-state index is -0.702. The third kappa shape index (κ3) is 4.81. The molecule has 0 radical (unpaired) electrons. The highest BCUT2D eigenvalue weighted by atomic mass is 16.2. The smallest absolute Gasteiger partial charge is 0.322 e. The van der Waals surface area contributed by atoms with Crippen molar-refractivity contribution in [1.82, 2.24) is 15.5 Å². The molecule has 1 fully saturated rings. The van der Waals surface area contributed by atoms with Crippen molar-refractivity contribution in [3.8, 4) is 0 Å². The number of imide groups is 1. The van der Waals surface area contributed by atoms with E-state index in [2.05, 4.69) is 16.0 Å². The zero-order valence-electron chi connectivity index (χ0n) is 15.4. The Balaban J connectivity index is 1.85. The molecule has 26 heavy (non-hydrogen) atoms. The molecule has 5 amide bonds. The van der Waals surface area contributed by atoms with Crippen LogP contribution in [0.25, 0.3) is 0 Å². The fraction of sp³-hybridized carbons (Fsp3) is 0.444. The van der Waals surface area contributed by atoms with Crippen LogP contribution in [-0.2, 0) is 14.4 Å². The molecule has 3 N–H and O–H groups in total. The number of carbonyl (C=O) groups excluding carboxylic acids is 4. The lowest BCUT2D eigenvalue weighted by Crippen LogP contribution is -2.36. The molecule has 1 atom stereocenters. The molecule has 1 aliphatic heterocycles. The molecule has 0 aromatic heterocycles. The second-order valence-electron chi connectivity index (χ2n) is 6.63. The van der Waals surface area contributed by atoms with Gasteiger partial charge in [0.15, 0.2) is 0 Å². The predicted octanol–water partition coefficient (Wildman–Crippen LogP) is 0.997. The number of nitrogens with one attached hydrogen (secondary N) is 3. The Kier molecular flexibility index (Phi) is 5.97. The zero-order valence-corrected chi connectivity index (χ0v) is 15.4. The Labute approximate surface area is 152 Å². The van der Waals surface area contributed by atoms with Crippen LogP contribution in [0.1, 0.15) is 29.5 Å². The van der Waals surface area contributed by atoms with Gasteiger partial charge in [-0.3, -0.25) is 19.7 Å². The van der Waals surface area contributed by atoms with Crippen LogP contribution in [0.5, 0.6) is 0 Å². The summed E-state index contributed by atoms with van der Waals surface area (Å²) in [5.41, 5.74) is 3.81. The monoisotopic (exact) mass is 360 g/mol. The van der Waals surface area contributed by atoms with Crippen molar-refractivity contribution in [3.63, 3.8) is 0 Å². The second kappa shape index (κ2) is 7.99. The molecule has 0 saturated carbocycles. The second-order valence-corrected chi connectivity index (χ2v) is 6.63. The van der Waals surface area contributed by atoms with Gasteiger partial charge in [-0.15, -0.1) is 0 Å². The van der Waals surface area contributed by atoms with Gasteiger partial charge in [-0.05, 0) is 38.3 Å². The third-order valence-electron chi connectivity index (χ3n) is 4.25. The Bertz CT molecular complexity index is 737. The Hall–Kier alpha value is -2.90. The molecule has 2 rings (SSSR count). The number of rotatable bonds is 6. The summed E-state index contributed by atoms with van der Waals surface area (Å²) in [5, 5.41) is 7.40. The summed E-state index contributed by atoms with van der Waals surface area (Å²) in [6.07, 6.45) is 0.253. The summed E-state index contributed by atoms with van der Waals surface area (Å²) >= 11 is 0. The molecule has 8 heteroatoms. The van der Waals surface area contributed by atoms with E-state index in [0.29, 0.717) is 0 Å². The van der Waals surface area contributed by atoms with E-state index in [-0.39, 0.29) is 31.2 Å². The van der Waals surface area contributed by atoms with Crippen molar-refractivity contribution in [2.24, 2.45) is 0 Å². The number of nitrogens with zero attached hydrogens (tertiary/aromatic N) is 1. The fourth-order valence-corrected chi connectivity index (χ4v) is 2.98. The first-order chi connectivity index (χ1) is 12.2. The van der Waals surface area contributed by atoms with Gasteiger partial charge < -0.3 is 15.5 Å². The Morgan fingerprint density at radius 2 is 1.77 bits per heavy atom. The van der Waals surface area contributed by atoms with Gasteiger partial charge in [0.05, 0.1) is 6.54 Å². The van der Waals surface area contributed by atoms with Crippen LogP contribution < -0.4 is 16.0 Å². The number of likely N-dealkylation sites (N-methyl/N-ethyl adjacent to an activating group) is 1. The van der Waals surface area contributed by atoms with Gasteiger partial charge in [0, 0.05) is 19.2 Å². The highest BCUT2D eigenvalue weighted by molar-refractivity contribution is 6.04. The lowest BCUT2D eigenvalue weighted by molar-refractivity contribution is -0.133. The molecule has 1 aromatic carbocycles. The number of aryl methyl sites for hydroxylation is 3. The summed E-state index contributed by atoms with van der Waals surface area (Å²) in [6.45, 7) is 5.75. The van der Waals surface area contributed by atoms with E-state index in [9.17, 15) is 19.2 Å². The van der Waals surface area contributed by atoms with E-state index >= 15 is 0 Å². The van der Waals surface area contributed by atoms with Crippen LogP contribution in [-0.4, -0.2) is 48.3 Å². The molecular formula is C18H24N4O4. The van der Waals surface area contributed by atoms with Crippen LogP contribution in [0.2, 0.25) is 0 Å². The molecule has 0 aliphatic carbocycles. The molecule has 0 unspecified atom stereocenters. The summed E-state index contributed by atoms with van der Waals surface area (Å²) in [5.74, 6) is -0.997. The molecule has 1 heterocycles. The van der Waals surface area contributed by atoms with Crippen molar-refractivity contribution >= 4 is 29.4 Å². The highest BCUT2D eigenvalue weighted by Crippen LogP contribution is 2.21. The van der Waals surface area contributed by atoms with Crippen molar-refractivity contribution in [2.45, 2.75) is 39.7 Å². The summed E-state index contributed by atoms with van der Waals surface area (Å²) in [6, 6.07) is 2.71. The van der Waals surface area contributed by atoms with Gasteiger partial charge in [0.25, 0.3) is 5.91 Å². The maximum absolute atomic E-state index is 12.2. The number of benzene rings is 1. The number of hydrogen-bond donors (Lipinski definition) is 3. The molecule has 8 nitrogen and oxygen atoms in total. The number of amides is 5. The van der Waals surface area contributed by atoms with E-state index in [0.717, 1.165) is 22.4 Å². The summed E-state index contributed by atoms with van der Waals surface area (Å²) < 4.78 is 0. The molecule has 0 bridgehead atoms. The number of hydrogen-bond acceptors (Lipinski definition) is 4. The van der Waals surface area contributed by atoms with E-state index in [4.69, 9.17) is 0 Å². The van der Waals surface area contributed by atoms with Crippen LogP contribution in [0.4, 0.5) is 10.5 Å². The van der Waals surface area contributed by atoms with Crippen molar-refractivity contribution in [3.05, 3.63) is 28.8 Å². The van der Waals surface area contributed by atoms with Crippen LogP contribution >= 0.6 is 0 Å². The molecule has 1 aliphatic rings. The Morgan fingerprint density at radius 1 is 1.15 bits per heavy atom. The van der Waals surface area contributed by atoms with Crippen molar-refractivity contribution in [2.75, 3.05) is 18.9 Å². The van der Waals surface area contributed by atoms with Gasteiger partial charge in [-0.1, -0.05) is 17.7 Å². The zero-order chi connectivity index (χ0) is 19.4. The average molecular weight is 360 g/mol. The lowest BCUT2D eigenvalue weighted by Gasteiger charge is -2.19. The lowest BCUT2D eigenvalue weighted by atomic mass is 10.1. The van der Waals surface area contributed by atoms with Crippen LogP contribution in [0.15, 0.2) is 12.1 Å². The van der Waals surface area contributed by atoms with Crippen LogP contribution in [0.3, 0.4) is 0 Å². The SMILES string of the molecule is Cc1cc(C)c(NC(=O)CN(C)C(=O)CC[C@@H]2NC(=O)NC2=O)c(C)c1. The quantitative estimate of drug-likeness (QED) is 0.658. The molecule has 0 spiro atoms. The molecule has 140 valence electrons. The number of carbonyl (C=O) groups is 4. The average Bonchev–Trinajstić information content (AvgIpc) is 2.86. The minimum absolute atomic E-state index is 0.0603. The van der Waals surface area contributed by atoms with Gasteiger partial charge in [-0.2, -0.15) is 0 Å². The molecule has 1 saturated heterocycles. The van der Waals surface area contributed by atoms with E-state index in [1.54, 1.807) is 0 Å². The first-order valence-corrected chi connectivity index (χ1v) is 8.40. The first kappa shape index (κ1) is 19.4. The van der Waals surface area contributed by atoms with Gasteiger partial charge >= 0.3 is 6.03 Å². The minimum Gasteiger partial charge on any atom is -0.336 e. The standard InChI is InChI=1S/C18H24N4O4/c1-10-7-11(2)16(12(3)8-10)20-14(23)9-22(4)15(24)6-5-13-17(25)21-18(26)19-13/h7-8,13H,5-6,9H2,1-4H3,(H,20,23)(H2,19,21,25,26)/t13-/m0/s1. The summed E-state index contributed by atoms with van der Waals surface area (Å²) in [4.78, 5) is 48.2. The van der Waals surface area contributed by atoms with E-state index < -0.39 is 18.0 Å². The summed E-state index contributed by atoms with van der Waals surface area (Å²) in [7, 11) is 1.53.